The molecule has 1 N–H and O–H groups in total. The number of carbonyl (C=O) groups is 1. The van der Waals surface area contributed by atoms with Crippen LogP contribution in [-0.2, 0) is 11.2 Å². The highest BCUT2D eigenvalue weighted by atomic mass is 16.5. The summed E-state index contributed by atoms with van der Waals surface area (Å²) in [7, 11) is 1.62. The largest absolute Gasteiger partial charge is 0.497 e. The number of benzene rings is 1. The van der Waals surface area contributed by atoms with Crippen LogP contribution in [0.1, 0.15) is 26.3 Å². The van der Waals surface area contributed by atoms with Crippen LogP contribution in [-0.4, -0.2) is 19.1 Å². The van der Waals surface area contributed by atoms with Crippen molar-refractivity contribution in [3.63, 3.8) is 0 Å². The lowest BCUT2D eigenvalue weighted by atomic mass is 10.1. The van der Waals surface area contributed by atoms with Crippen molar-refractivity contribution in [1.29, 1.82) is 0 Å². The van der Waals surface area contributed by atoms with Crippen LogP contribution in [0.3, 0.4) is 0 Å². The first kappa shape index (κ1) is 14.4. The third kappa shape index (κ3) is 3.13. The Morgan fingerprint density at radius 1 is 1.35 bits per heavy atom. The Bertz CT molecular complexity index is 601. The molecule has 108 valence electrons. The molecule has 0 spiro atoms. The van der Waals surface area contributed by atoms with E-state index in [1.807, 2.05) is 25.1 Å². The van der Waals surface area contributed by atoms with Gasteiger partial charge in [0.1, 0.15) is 11.3 Å². The number of carbonyl (C=O) groups excluding carboxylic acids is 1. The molecule has 0 aliphatic carbocycles. The lowest BCUT2D eigenvalue weighted by molar-refractivity contribution is -0.121. The van der Waals surface area contributed by atoms with Crippen LogP contribution in [0.4, 0.5) is 0 Å². The number of hydrogen-bond acceptors (Lipinski definition) is 3. The summed E-state index contributed by atoms with van der Waals surface area (Å²) in [4.78, 5) is 12.0. The topological polar surface area (TPSA) is 51.5 Å². The molecule has 2 rings (SSSR count). The van der Waals surface area contributed by atoms with Gasteiger partial charge in [0.25, 0.3) is 0 Å². The first-order chi connectivity index (χ1) is 9.51. The van der Waals surface area contributed by atoms with E-state index in [0.717, 1.165) is 22.3 Å². The van der Waals surface area contributed by atoms with E-state index in [4.69, 9.17) is 9.15 Å². The molecule has 1 heterocycles. The van der Waals surface area contributed by atoms with E-state index in [2.05, 4.69) is 19.2 Å². The number of hydrogen-bond donors (Lipinski definition) is 1. The predicted octanol–water partition coefficient (Wildman–Crippen LogP) is 3.14. The van der Waals surface area contributed by atoms with Gasteiger partial charge in [0.05, 0.1) is 19.8 Å². The van der Waals surface area contributed by atoms with Crippen molar-refractivity contribution in [1.82, 2.24) is 5.32 Å². The Hall–Kier alpha value is -1.97. The Labute approximate surface area is 119 Å². The SMILES string of the molecule is COc1ccc2c(CC(=O)N[C@H](C)C(C)C)coc2c1. The average Bonchev–Trinajstić information content (AvgIpc) is 2.80. The van der Waals surface area contributed by atoms with Gasteiger partial charge >= 0.3 is 0 Å². The molecule has 0 bridgehead atoms. The Balaban J connectivity index is 2.12. The van der Waals surface area contributed by atoms with Crippen molar-refractivity contribution in [3.8, 4) is 5.75 Å². The van der Waals surface area contributed by atoms with E-state index in [1.165, 1.54) is 0 Å². The molecule has 0 aliphatic rings. The van der Waals surface area contributed by atoms with E-state index in [0.29, 0.717) is 12.3 Å². The predicted molar refractivity (Wildman–Crippen MR) is 78.9 cm³/mol. The van der Waals surface area contributed by atoms with Crippen molar-refractivity contribution in [3.05, 3.63) is 30.0 Å². The van der Waals surface area contributed by atoms with E-state index in [9.17, 15) is 4.79 Å². The molecular formula is C16H21NO3. The Morgan fingerprint density at radius 2 is 2.10 bits per heavy atom. The zero-order chi connectivity index (χ0) is 14.7. The maximum atomic E-state index is 12.0. The maximum absolute atomic E-state index is 12.0. The Kier molecular flexibility index (Phi) is 4.32. The van der Waals surface area contributed by atoms with Crippen LogP contribution in [0.5, 0.6) is 5.75 Å². The molecule has 0 unspecified atom stereocenters. The minimum atomic E-state index is 0.0183. The molecule has 0 saturated carbocycles. The highest BCUT2D eigenvalue weighted by Crippen LogP contribution is 2.25. The van der Waals surface area contributed by atoms with Crippen LogP contribution in [0, 0.1) is 5.92 Å². The normalized spacial score (nSPS) is 12.7. The number of fused-ring (bicyclic) bond motifs is 1. The molecule has 1 aromatic heterocycles. The summed E-state index contributed by atoms with van der Waals surface area (Å²) in [6, 6.07) is 5.79. The zero-order valence-corrected chi connectivity index (χ0v) is 12.4. The van der Waals surface area contributed by atoms with Gasteiger partial charge in [-0.1, -0.05) is 13.8 Å². The highest BCUT2D eigenvalue weighted by molar-refractivity contribution is 5.88. The fourth-order valence-electron chi connectivity index (χ4n) is 1.97. The second kappa shape index (κ2) is 5.99. The maximum Gasteiger partial charge on any atom is 0.224 e. The second-order valence-corrected chi connectivity index (χ2v) is 5.40. The molecule has 1 atom stereocenters. The number of methoxy groups -OCH3 is 1. The van der Waals surface area contributed by atoms with Gasteiger partial charge in [-0.2, -0.15) is 0 Å². The molecule has 20 heavy (non-hydrogen) atoms. The summed E-state index contributed by atoms with van der Waals surface area (Å²) in [6.07, 6.45) is 1.97. The fraction of sp³-hybridized carbons (Fsp3) is 0.438. The fourth-order valence-corrected chi connectivity index (χ4v) is 1.97. The summed E-state index contributed by atoms with van der Waals surface area (Å²) in [5, 5.41) is 3.96. The Morgan fingerprint density at radius 3 is 2.75 bits per heavy atom. The summed E-state index contributed by atoms with van der Waals surface area (Å²) in [5.74, 6) is 1.19. The highest BCUT2D eigenvalue weighted by Gasteiger charge is 2.14. The second-order valence-electron chi connectivity index (χ2n) is 5.40. The number of rotatable bonds is 5. The van der Waals surface area contributed by atoms with Gasteiger partial charge in [-0.25, -0.2) is 0 Å². The van der Waals surface area contributed by atoms with Gasteiger partial charge in [0, 0.05) is 23.1 Å². The van der Waals surface area contributed by atoms with Crippen molar-refractivity contribution in [2.24, 2.45) is 5.92 Å². The monoisotopic (exact) mass is 275 g/mol. The van der Waals surface area contributed by atoms with E-state index in [-0.39, 0.29) is 11.9 Å². The molecular weight excluding hydrogens is 254 g/mol. The molecule has 0 saturated heterocycles. The molecule has 4 heteroatoms. The number of ether oxygens (including phenoxy) is 1. The van der Waals surface area contributed by atoms with Crippen molar-refractivity contribution >= 4 is 16.9 Å². The molecule has 4 nitrogen and oxygen atoms in total. The van der Waals surface area contributed by atoms with E-state index < -0.39 is 0 Å². The van der Waals surface area contributed by atoms with Crippen LogP contribution in [0.15, 0.2) is 28.9 Å². The first-order valence-corrected chi connectivity index (χ1v) is 6.84. The smallest absolute Gasteiger partial charge is 0.224 e. The summed E-state index contributed by atoms with van der Waals surface area (Å²) >= 11 is 0. The van der Waals surface area contributed by atoms with E-state index >= 15 is 0 Å². The van der Waals surface area contributed by atoms with Crippen LogP contribution >= 0.6 is 0 Å². The number of amides is 1. The van der Waals surface area contributed by atoms with Crippen LogP contribution < -0.4 is 10.1 Å². The number of furan rings is 1. The first-order valence-electron chi connectivity index (χ1n) is 6.84. The molecule has 0 fully saturated rings. The van der Waals surface area contributed by atoms with Gasteiger partial charge in [0.15, 0.2) is 0 Å². The van der Waals surface area contributed by atoms with Gasteiger partial charge in [0.2, 0.25) is 5.91 Å². The van der Waals surface area contributed by atoms with Gasteiger partial charge in [-0.3, -0.25) is 4.79 Å². The summed E-state index contributed by atoms with van der Waals surface area (Å²) in [5.41, 5.74) is 1.64. The van der Waals surface area contributed by atoms with Gasteiger partial charge in [-0.15, -0.1) is 0 Å². The lowest BCUT2D eigenvalue weighted by Crippen LogP contribution is -2.36. The van der Waals surface area contributed by atoms with Crippen molar-refractivity contribution in [2.45, 2.75) is 33.2 Å². The molecule has 2 aromatic rings. The number of nitrogens with one attached hydrogen (secondary N) is 1. The van der Waals surface area contributed by atoms with Crippen molar-refractivity contribution in [2.75, 3.05) is 7.11 Å². The standard InChI is InChI=1S/C16H21NO3/c1-10(2)11(3)17-16(18)7-12-9-20-15-8-13(19-4)5-6-14(12)15/h5-6,8-11H,7H2,1-4H3,(H,17,18)/t11-/m1/s1. The summed E-state index contributed by atoms with van der Waals surface area (Å²) in [6.45, 7) is 6.19. The van der Waals surface area contributed by atoms with Gasteiger partial charge in [-0.05, 0) is 25.0 Å². The minimum absolute atomic E-state index is 0.0183. The quantitative estimate of drug-likeness (QED) is 0.912. The molecule has 0 radical (unpaired) electrons. The third-order valence-corrected chi connectivity index (χ3v) is 3.60. The third-order valence-electron chi connectivity index (χ3n) is 3.60. The molecule has 1 amide bonds. The van der Waals surface area contributed by atoms with E-state index in [1.54, 1.807) is 13.4 Å². The minimum Gasteiger partial charge on any atom is -0.497 e. The molecule has 0 aliphatic heterocycles. The lowest BCUT2D eigenvalue weighted by Gasteiger charge is -2.17. The average molecular weight is 275 g/mol. The summed E-state index contributed by atoms with van der Waals surface area (Å²) < 4.78 is 10.6. The van der Waals surface area contributed by atoms with Crippen LogP contribution in [0.2, 0.25) is 0 Å². The van der Waals surface area contributed by atoms with Crippen LogP contribution in [0.25, 0.3) is 11.0 Å². The van der Waals surface area contributed by atoms with Gasteiger partial charge < -0.3 is 14.5 Å². The zero-order valence-electron chi connectivity index (χ0n) is 12.4. The van der Waals surface area contributed by atoms with Crippen molar-refractivity contribution < 1.29 is 13.9 Å². The molecule has 1 aromatic carbocycles.